The lowest BCUT2D eigenvalue weighted by atomic mass is 9.95. The van der Waals surface area contributed by atoms with Gasteiger partial charge in [-0.3, -0.25) is 29.1 Å². The van der Waals surface area contributed by atoms with Crippen molar-refractivity contribution >= 4 is 119 Å². The molecule has 9 fully saturated rings. The third-order valence-corrected chi connectivity index (χ3v) is 33.0. The lowest BCUT2D eigenvalue weighted by molar-refractivity contribution is -0.131. The minimum absolute atomic E-state index is 0.00637. The number of ether oxygens (including phenoxy) is 3. The van der Waals surface area contributed by atoms with Crippen LogP contribution in [0.3, 0.4) is 0 Å². The van der Waals surface area contributed by atoms with Gasteiger partial charge in [0.2, 0.25) is 19.6 Å². The molecule has 6 unspecified atom stereocenters. The van der Waals surface area contributed by atoms with Crippen LogP contribution in [0.1, 0.15) is 124 Å². The van der Waals surface area contributed by atoms with Crippen LogP contribution in [0.4, 0.5) is 65.2 Å². The summed E-state index contributed by atoms with van der Waals surface area (Å²) in [5, 5.41) is 14.7. The highest BCUT2D eigenvalue weighted by Crippen LogP contribution is 2.50. The zero-order chi connectivity index (χ0) is 101. The fourth-order valence-corrected chi connectivity index (χ4v) is 25.6. The summed E-state index contributed by atoms with van der Waals surface area (Å²) in [6.07, 6.45) is 14.7. The van der Waals surface area contributed by atoms with E-state index in [1.165, 1.54) is 32.9 Å². The number of carbonyl (C=O) groups is 3. The lowest BCUT2D eigenvalue weighted by Crippen LogP contribution is -2.57. The molecular weight excluding hydrogens is 1920 g/mol. The Balaban J connectivity index is 0.000000137. The highest BCUT2D eigenvalue weighted by molar-refractivity contribution is 6.38. The van der Waals surface area contributed by atoms with Gasteiger partial charge in [-0.25, -0.2) is 50.4 Å². The van der Waals surface area contributed by atoms with Gasteiger partial charge in [0, 0.05) is 147 Å². The van der Waals surface area contributed by atoms with Crippen molar-refractivity contribution in [3.05, 3.63) is 229 Å². The quantitative estimate of drug-likeness (QED) is 0.0337. The number of benzene rings is 6. The van der Waals surface area contributed by atoms with E-state index in [0.717, 1.165) is 176 Å². The van der Waals surface area contributed by atoms with E-state index >= 15 is 0 Å². The van der Waals surface area contributed by atoms with Crippen LogP contribution in [0.15, 0.2) is 128 Å². The monoisotopic (exact) mass is 2030 g/mol. The summed E-state index contributed by atoms with van der Waals surface area (Å²) in [5.74, 6) is -4.87. The van der Waals surface area contributed by atoms with Gasteiger partial charge in [0.25, 0.3) is 17.7 Å². The highest BCUT2D eigenvalue weighted by atomic mass is 35.5. The van der Waals surface area contributed by atoms with Gasteiger partial charge in [-0.15, -0.1) is 0 Å². The van der Waals surface area contributed by atoms with Crippen LogP contribution in [0.25, 0.3) is 46.9 Å². The van der Waals surface area contributed by atoms with Crippen molar-refractivity contribution in [2.45, 2.75) is 182 Å². The van der Waals surface area contributed by atoms with Gasteiger partial charge < -0.3 is 78.0 Å². The number of hydrogen-bond acceptors (Lipinski definition) is 22. The summed E-state index contributed by atoms with van der Waals surface area (Å²) in [5.41, 5.74) is 7.14. The highest BCUT2D eigenvalue weighted by Gasteiger charge is 2.54. The molecule has 756 valence electrons. The smallest absolute Gasteiger partial charge is 0.318 e. The maximum Gasteiger partial charge on any atom is 0.318 e. The van der Waals surface area contributed by atoms with Crippen molar-refractivity contribution < 1.29 is 64.4 Å². The molecule has 38 heteroatoms. The van der Waals surface area contributed by atoms with Crippen molar-refractivity contribution in [1.82, 2.24) is 59.3 Å². The Bertz CT molecular complexity index is 6020. The number of nitrogens with zero attached hydrogens (tertiary/aromatic N) is 21. The number of alkyl halides is 1. The molecule has 0 radical (unpaired) electrons. The molecule has 9 saturated heterocycles. The molecule has 15 heterocycles. The first-order valence-electron chi connectivity index (χ1n) is 49.8. The zero-order valence-corrected chi connectivity index (χ0v) is 82.8. The Morgan fingerprint density at radius 3 is 1.03 bits per heavy atom. The molecule has 9 atom stereocenters. The van der Waals surface area contributed by atoms with E-state index in [2.05, 4.69) is 75.5 Å². The summed E-state index contributed by atoms with van der Waals surface area (Å²) >= 11 is 19.5. The molecule has 1 N–H and O–H groups in total. The van der Waals surface area contributed by atoms with Crippen LogP contribution in [0.2, 0.25) is 15.1 Å². The molecule has 6 aromatic carbocycles. The number of piperazine rings is 3. The number of fused-ring (bicyclic) bond motifs is 9. The summed E-state index contributed by atoms with van der Waals surface area (Å²) in [6, 6.07) is 26.4. The van der Waals surface area contributed by atoms with Crippen molar-refractivity contribution in [3.63, 3.8) is 0 Å². The average molecular weight is 2030 g/mol. The molecule has 9 aromatic rings. The molecule has 12 aliphatic heterocycles. The van der Waals surface area contributed by atoms with Gasteiger partial charge in [-0.2, -0.15) is 29.9 Å². The largest absolute Gasteiger partial charge is 0.461 e. The predicted octanol–water partition coefficient (Wildman–Crippen LogP) is 16.7. The standard InChI is InChI=1S/C36H40ClF2N7O2.C35H37ClF3N7O2.C35H38ClF2N7O3/c1-4-25-11-14-36(13-6-15-46(25)36)22-48-35-41-29-21-43(30-8-5-7-24-9-10-28(39)32(37)31(24)30)16-12-27(29)33(42-35)44-17-18-45(34(47)23(2)38)26(20-44)19-40-3;1-22(38)33(47)45-16-15-44(19-25(45)18-40-2)32-26-10-14-43(29-6-3-5-23-7-8-27(39)31(36)30(23)29)20-28(26)41-34(42-32)48-21-35-11-4-13-46(35)24(17-37)9-12-35;1-22(37)33(47)44-16-15-43(18-25(44)17-39-2)32-26-10-14-42(29-6-3-5-23-7-8-27(38)31(36)30(23)29)19-28(26)40-34(41-32)48-21-35-11-4-13-45(35)24(20-46)9-12-35/h5,7-10,25-26H,2,4,6,11-22H2,1H3;3,5-8,24-25H,1,4,9-21H2;3,5-8,24-25,46H,1,4,9-21H2/t25?,26-,36?;2*24?,25-,35?/m000/s1. The number of carbonyl (C=O) groups excluding carboxylic acids is 3. The van der Waals surface area contributed by atoms with E-state index in [1.54, 1.807) is 18.2 Å². The minimum Gasteiger partial charge on any atom is -0.461 e. The van der Waals surface area contributed by atoms with Crippen molar-refractivity contribution in [2.75, 3.05) is 180 Å². The van der Waals surface area contributed by atoms with Crippen LogP contribution < -0.4 is 43.6 Å². The van der Waals surface area contributed by atoms with Crippen LogP contribution >= 0.6 is 34.8 Å². The number of hydrogen-bond donors (Lipinski definition) is 1. The number of aliphatic hydroxyl groups excluding tert-OH is 1. The molecule has 0 saturated carbocycles. The lowest BCUT2D eigenvalue weighted by Gasteiger charge is -2.41. The van der Waals surface area contributed by atoms with E-state index < -0.39 is 70.8 Å². The maximum absolute atomic E-state index is 14.6. The molecule has 28 nitrogen and oxygen atoms in total. The van der Waals surface area contributed by atoms with E-state index in [1.807, 2.05) is 64.4 Å². The molecular formula is C106H115Cl3F7N21O7. The third kappa shape index (κ3) is 19.5. The fraction of sp³-hybridized carbons (Fsp3) is 0.491. The second-order valence-electron chi connectivity index (χ2n) is 39.8. The van der Waals surface area contributed by atoms with Crippen LogP contribution in [0.5, 0.6) is 18.0 Å². The van der Waals surface area contributed by atoms with Crippen LogP contribution in [0, 0.1) is 37.2 Å². The number of halogens is 10. The maximum atomic E-state index is 14.6. The molecule has 21 rings (SSSR count). The Morgan fingerprint density at radius 2 is 0.729 bits per heavy atom. The second-order valence-corrected chi connectivity index (χ2v) is 40.9. The molecule has 144 heavy (non-hydrogen) atoms. The van der Waals surface area contributed by atoms with Gasteiger partial charge in [0.05, 0.1) is 75.0 Å². The fourth-order valence-electron chi connectivity index (χ4n) is 24.8. The molecule has 12 aliphatic rings. The SMILES string of the molecule is [C-]#[N+]C[C@H]1CN(c2nc(OCC34CCCN3C(CC)CC4)nc3c2CCN(c2cccc4ccc(F)c(Cl)c24)C3)CCN1C(=O)C(=C)F.[C-]#[N+]C[C@H]1CN(c2nc(OCC34CCCN3C(CF)CC4)nc3c2CCN(c2cccc4ccc(F)c(Cl)c24)C3)CCN1C(=O)C(=C)F.[C-]#[N+]C[C@H]1CN(c2nc(OCC34CCCN3C(CO)CC4)nc3c2CCN(c2cccc4ccc(F)c(Cl)c24)C3)CCN1C(=O)C(=C)F. The first-order valence-corrected chi connectivity index (χ1v) is 50.9. The number of rotatable bonds is 24. The van der Waals surface area contributed by atoms with Crippen LogP contribution in [-0.4, -0.2) is 286 Å². The Labute approximate surface area is 847 Å². The first-order chi connectivity index (χ1) is 69.7. The van der Waals surface area contributed by atoms with Crippen LogP contribution in [-0.2, 0) is 53.3 Å². The van der Waals surface area contributed by atoms with Gasteiger partial charge in [-0.1, -0.05) is 116 Å². The average Bonchev–Trinajstić information content (AvgIpc) is 1.04. The first kappa shape index (κ1) is 101. The molecule has 0 spiro atoms. The topological polar surface area (TPSA) is 228 Å². The van der Waals surface area contributed by atoms with Gasteiger partial charge in [0.1, 0.15) is 79.5 Å². The molecule has 3 aromatic heterocycles. The number of anilines is 6. The third-order valence-electron chi connectivity index (χ3n) is 31.9. The van der Waals surface area contributed by atoms with Crippen molar-refractivity contribution in [2.24, 2.45) is 0 Å². The normalized spacial score (nSPS) is 24.0. The number of aromatic nitrogens is 6. The van der Waals surface area contributed by atoms with Crippen molar-refractivity contribution in [1.29, 1.82) is 0 Å². The summed E-state index contributed by atoms with van der Waals surface area (Å²) in [7, 11) is 0. The van der Waals surface area contributed by atoms with Crippen molar-refractivity contribution in [3.8, 4) is 18.0 Å². The zero-order valence-electron chi connectivity index (χ0n) is 80.5. The Kier molecular flexibility index (Phi) is 29.7. The van der Waals surface area contributed by atoms with Gasteiger partial charge in [0.15, 0.2) is 17.5 Å². The van der Waals surface area contributed by atoms with E-state index in [0.29, 0.717) is 151 Å². The summed E-state index contributed by atoms with van der Waals surface area (Å²) in [4.78, 5) is 102. The predicted molar refractivity (Wildman–Crippen MR) is 540 cm³/mol. The Hall–Kier alpha value is -12.1. The molecule has 3 amide bonds. The van der Waals surface area contributed by atoms with E-state index in [-0.39, 0.29) is 115 Å². The molecule has 0 bridgehead atoms. The van der Waals surface area contributed by atoms with Gasteiger partial charge in [-0.05, 0) is 175 Å². The number of amides is 3. The van der Waals surface area contributed by atoms with E-state index in [4.69, 9.17) is 98.6 Å². The summed E-state index contributed by atoms with van der Waals surface area (Å²) < 4.78 is 119. The Morgan fingerprint density at radius 1 is 0.417 bits per heavy atom. The molecule has 0 aliphatic carbocycles. The minimum atomic E-state index is -1.05. The van der Waals surface area contributed by atoms with E-state index in [9.17, 15) is 50.2 Å². The summed E-state index contributed by atoms with van der Waals surface area (Å²) in [6.45, 7) is 43.9. The second kappa shape index (κ2) is 42.5. The van der Waals surface area contributed by atoms with Gasteiger partial charge >= 0.3 is 18.0 Å². The number of aliphatic hydroxyl groups is 1.